The zero-order valence-electron chi connectivity index (χ0n) is 19.1. The van der Waals surface area contributed by atoms with Gasteiger partial charge in [-0.1, -0.05) is 67.4 Å². The molecular weight excluding hydrogens is 553 g/mol. The van der Waals surface area contributed by atoms with Crippen LogP contribution in [0.4, 0.5) is 0 Å². The number of hydrazone groups is 1. The van der Waals surface area contributed by atoms with Crippen molar-refractivity contribution in [1.82, 2.24) is 10.7 Å². The molecule has 9 heteroatoms. The van der Waals surface area contributed by atoms with E-state index in [4.69, 9.17) is 27.9 Å². The number of amides is 2. The molecule has 0 saturated heterocycles. The molecule has 3 aromatic rings. The number of hydrogen-bond acceptors (Lipinski definition) is 4. The molecule has 0 saturated carbocycles. The van der Waals surface area contributed by atoms with E-state index in [9.17, 15) is 9.59 Å². The molecule has 0 fully saturated rings. The van der Waals surface area contributed by atoms with Gasteiger partial charge >= 0.3 is 0 Å². The van der Waals surface area contributed by atoms with Gasteiger partial charge in [-0.25, -0.2) is 5.43 Å². The number of benzene rings is 3. The van der Waals surface area contributed by atoms with E-state index in [0.717, 1.165) is 15.6 Å². The van der Waals surface area contributed by atoms with E-state index in [0.29, 0.717) is 22.9 Å². The number of carbonyl (C=O) groups excluding carboxylic acids is 2. The number of hydrogen-bond donors (Lipinski definition) is 2. The summed E-state index contributed by atoms with van der Waals surface area (Å²) in [5.74, 6) is -0.352. The first-order valence-electron chi connectivity index (χ1n) is 10.8. The van der Waals surface area contributed by atoms with Crippen LogP contribution in [0.15, 0.2) is 76.3 Å². The Hall–Kier alpha value is -2.87. The molecule has 0 aromatic heterocycles. The third-order valence-electron chi connectivity index (χ3n) is 5.00. The lowest BCUT2D eigenvalue weighted by Crippen LogP contribution is -2.48. The van der Waals surface area contributed by atoms with Crippen molar-refractivity contribution in [2.24, 2.45) is 11.0 Å². The van der Waals surface area contributed by atoms with Crippen LogP contribution in [0.5, 0.6) is 5.75 Å². The number of nitrogens with one attached hydrogen (secondary N) is 2. The molecule has 0 aliphatic rings. The maximum Gasteiger partial charge on any atom is 0.262 e. The van der Waals surface area contributed by atoms with Crippen LogP contribution in [0, 0.1) is 5.92 Å². The Morgan fingerprint density at radius 1 is 1.03 bits per heavy atom. The van der Waals surface area contributed by atoms with Crippen LogP contribution < -0.4 is 15.5 Å². The summed E-state index contributed by atoms with van der Waals surface area (Å²) in [5, 5.41) is 7.37. The molecule has 0 heterocycles. The van der Waals surface area contributed by atoms with E-state index in [1.807, 2.05) is 62.4 Å². The fraction of sp³-hybridized carbons (Fsp3) is 0.192. The van der Waals surface area contributed by atoms with Gasteiger partial charge < -0.3 is 10.1 Å². The Morgan fingerprint density at radius 2 is 1.77 bits per heavy atom. The molecule has 0 radical (unpaired) electrons. The van der Waals surface area contributed by atoms with Gasteiger partial charge in [-0.05, 0) is 69.4 Å². The summed E-state index contributed by atoms with van der Waals surface area (Å²) in [7, 11) is 0. The SMILES string of the molecule is CC(C)C(NC(=O)c1ccc(Cl)c(Cl)c1)C(=O)NN=Cc1ccc(OCc2ccccc2)c(Br)c1. The molecule has 6 nitrogen and oxygen atoms in total. The summed E-state index contributed by atoms with van der Waals surface area (Å²) >= 11 is 15.4. The van der Waals surface area contributed by atoms with Crippen LogP contribution >= 0.6 is 39.1 Å². The summed E-state index contributed by atoms with van der Waals surface area (Å²) in [6, 6.07) is 19.1. The molecular formula is C26H24BrCl2N3O3. The van der Waals surface area contributed by atoms with Gasteiger partial charge in [0.2, 0.25) is 0 Å². The second kappa shape index (κ2) is 12.7. The Labute approximate surface area is 222 Å². The third kappa shape index (κ3) is 7.82. The minimum atomic E-state index is -0.797. The summed E-state index contributed by atoms with van der Waals surface area (Å²) in [4.78, 5) is 25.3. The summed E-state index contributed by atoms with van der Waals surface area (Å²) < 4.78 is 6.61. The highest BCUT2D eigenvalue weighted by Crippen LogP contribution is 2.26. The average Bonchev–Trinajstić information content (AvgIpc) is 2.84. The Bertz CT molecular complexity index is 1220. The van der Waals surface area contributed by atoms with Crippen LogP contribution in [0.2, 0.25) is 10.0 Å². The number of nitrogens with zero attached hydrogens (tertiary/aromatic N) is 1. The first kappa shape index (κ1) is 26.7. The fourth-order valence-corrected chi connectivity index (χ4v) is 3.90. The summed E-state index contributed by atoms with van der Waals surface area (Å²) in [5.41, 5.74) is 4.62. The highest BCUT2D eigenvalue weighted by Gasteiger charge is 2.24. The predicted molar refractivity (Wildman–Crippen MR) is 143 cm³/mol. The summed E-state index contributed by atoms with van der Waals surface area (Å²) in [6.45, 7) is 4.11. The average molecular weight is 577 g/mol. The minimum Gasteiger partial charge on any atom is -0.488 e. The molecule has 0 aliphatic heterocycles. The van der Waals surface area contributed by atoms with Crippen LogP contribution in [0.25, 0.3) is 0 Å². The zero-order valence-corrected chi connectivity index (χ0v) is 22.2. The largest absolute Gasteiger partial charge is 0.488 e. The van der Waals surface area contributed by atoms with Crippen molar-refractivity contribution in [2.45, 2.75) is 26.5 Å². The van der Waals surface area contributed by atoms with Crippen LogP contribution in [0.1, 0.15) is 35.3 Å². The lowest BCUT2D eigenvalue weighted by atomic mass is 10.0. The monoisotopic (exact) mass is 575 g/mol. The minimum absolute atomic E-state index is 0.174. The van der Waals surface area contributed by atoms with Crippen molar-refractivity contribution < 1.29 is 14.3 Å². The Morgan fingerprint density at radius 3 is 2.43 bits per heavy atom. The Balaban J connectivity index is 1.58. The van der Waals surface area contributed by atoms with Gasteiger partial charge in [-0.3, -0.25) is 9.59 Å². The van der Waals surface area contributed by atoms with Crippen LogP contribution in [-0.4, -0.2) is 24.1 Å². The van der Waals surface area contributed by atoms with E-state index < -0.39 is 17.9 Å². The molecule has 0 spiro atoms. The highest BCUT2D eigenvalue weighted by atomic mass is 79.9. The maximum absolute atomic E-state index is 12.7. The van der Waals surface area contributed by atoms with Crippen molar-refractivity contribution in [2.75, 3.05) is 0 Å². The quantitative estimate of drug-likeness (QED) is 0.234. The molecule has 3 rings (SSSR count). The number of carbonyl (C=O) groups is 2. The van der Waals surface area contributed by atoms with Crippen LogP contribution in [0.3, 0.4) is 0 Å². The number of halogens is 3. The van der Waals surface area contributed by atoms with Gasteiger partial charge in [0.1, 0.15) is 18.4 Å². The van der Waals surface area contributed by atoms with Crippen LogP contribution in [-0.2, 0) is 11.4 Å². The molecule has 2 N–H and O–H groups in total. The molecule has 1 unspecified atom stereocenters. The maximum atomic E-state index is 12.7. The lowest BCUT2D eigenvalue weighted by molar-refractivity contribution is -0.123. The third-order valence-corrected chi connectivity index (χ3v) is 6.36. The number of rotatable bonds is 9. The second-order valence-electron chi connectivity index (χ2n) is 8.02. The van der Waals surface area contributed by atoms with Gasteiger partial charge in [-0.2, -0.15) is 5.10 Å². The highest BCUT2D eigenvalue weighted by molar-refractivity contribution is 9.10. The topological polar surface area (TPSA) is 79.8 Å². The van der Waals surface area contributed by atoms with Gasteiger partial charge in [0.25, 0.3) is 11.8 Å². The van der Waals surface area contributed by atoms with E-state index in [-0.39, 0.29) is 10.9 Å². The fourth-order valence-electron chi connectivity index (χ4n) is 3.09. The Kier molecular flexibility index (Phi) is 9.72. The molecule has 1 atom stereocenters. The molecule has 182 valence electrons. The molecule has 2 amide bonds. The smallest absolute Gasteiger partial charge is 0.262 e. The van der Waals surface area contributed by atoms with E-state index in [1.54, 1.807) is 6.07 Å². The van der Waals surface area contributed by atoms with E-state index in [2.05, 4.69) is 31.8 Å². The predicted octanol–water partition coefficient (Wildman–Crippen LogP) is 6.24. The van der Waals surface area contributed by atoms with Gasteiger partial charge in [0.15, 0.2) is 0 Å². The number of ether oxygens (including phenoxy) is 1. The molecule has 3 aromatic carbocycles. The molecule has 0 bridgehead atoms. The van der Waals surface area contributed by atoms with E-state index >= 15 is 0 Å². The first-order valence-corrected chi connectivity index (χ1v) is 12.3. The van der Waals surface area contributed by atoms with Crippen molar-refractivity contribution in [3.8, 4) is 5.75 Å². The van der Waals surface area contributed by atoms with Gasteiger partial charge in [0.05, 0.1) is 20.7 Å². The molecule has 35 heavy (non-hydrogen) atoms. The first-order chi connectivity index (χ1) is 16.7. The lowest BCUT2D eigenvalue weighted by Gasteiger charge is -2.20. The van der Waals surface area contributed by atoms with Crippen molar-refractivity contribution in [3.63, 3.8) is 0 Å². The van der Waals surface area contributed by atoms with Crippen molar-refractivity contribution in [1.29, 1.82) is 0 Å². The van der Waals surface area contributed by atoms with E-state index in [1.165, 1.54) is 18.3 Å². The van der Waals surface area contributed by atoms with Crippen molar-refractivity contribution >= 4 is 57.2 Å². The van der Waals surface area contributed by atoms with Gasteiger partial charge in [0, 0.05) is 5.56 Å². The second-order valence-corrected chi connectivity index (χ2v) is 9.69. The molecule has 0 aliphatic carbocycles. The normalized spacial score (nSPS) is 11.9. The summed E-state index contributed by atoms with van der Waals surface area (Å²) in [6.07, 6.45) is 1.52. The standard InChI is InChI=1S/C26H24BrCl2N3O3/c1-16(2)24(31-25(33)19-9-10-21(28)22(29)13-19)26(34)32-30-14-18-8-11-23(20(27)12-18)35-15-17-6-4-3-5-7-17/h3-14,16,24H,15H2,1-2H3,(H,31,33)(H,32,34). The zero-order chi connectivity index (χ0) is 25.4. The van der Waals surface area contributed by atoms with Crippen molar-refractivity contribution in [3.05, 3.63) is 97.9 Å². The van der Waals surface area contributed by atoms with Gasteiger partial charge in [-0.15, -0.1) is 0 Å².